The largest absolute Gasteiger partial charge is 0.459 e. The third-order valence-electron chi connectivity index (χ3n) is 4.72. The number of benzene rings is 1. The van der Waals surface area contributed by atoms with Gasteiger partial charge in [0.25, 0.3) is 0 Å². The quantitative estimate of drug-likeness (QED) is 0.659. The highest BCUT2D eigenvalue weighted by Gasteiger charge is 2.34. The molecular formula is C22H33NO5. The number of ether oxygens (including phenoxy) is 3. The number of nitrogens with zero attached hydrogens (tertiary/aromatic N) is 1. The molecule has 0 fully saturated rings. The van der Waals surface area contributed by atoms with Crippen LogP contribution in [0, 0.1) is 5.41 Å². The maximum atomic E-state index is 12.9. The fourth-order valence-corrected chi connectivity index (χ4v) is 3.16. The number of carbonyl (C=O) groups is 2. The number of hydrogen-bond donors (Lipinski definition) is 0. The Labute approximate surface area is 168 Å². The van der Waals surface area contributed by atoms with Crippen molar-refractivity contribution >= 4 is 11.9 Å². The number of amides is 1. The summed E-state index contributed by atoms with van der Waals surface area (Å²) in [4.78, 5) is 27.0. The van der Waals surface area contributed by atoms with Crippen molar-refractivity contribution in [1.82, 2.24) is 4.90 Å². The molecule has 0 bridgehead atoms. The molecule has 28 heavy (non-hydrogen) atoms. The number of hydrogen-bond acceptors (Lipinski definition) is 5. The summed E-state index contributed by atoms with van der Waals surface area (Å²) in [6, 6.07) is 5.87. The van der Waals surface area contributed by atoms with Crippen molar-refractivity contribution in [2.45, 2.75) is 73.0 Å². The standard InChI is InChI=1S/C22H33NO5/c1-8-23(19(24)13-22(6,7)28-20(25)21(3,4)5)15(2)11-16-9-10-17-18(12-16)27-14-26-17/h9-10,12,15H,8,11,13-14H2,1-7H3. The zero-order valence-electron chi connectivity index (χ0n) is 18.1. The van der Waals surface area contributed by atoms with Gasteiger partial charge in [-0.2, -0.15) is 0 Å². The summed E-state index contributed by atoms with van der Waals surface area (Å²) in [6.07, 6.45) is 0.854. The second-order valence-corrected chi connectivity index (χ2v) is 9.00. The summed E-state index contributed by atoms with van der Waals surface area (Å²) in [7, 11) is 0. The lowest BCUT2D eigenvalue weighted by Gasteiger charge is -2.33. The Morgan fingerprint density at radius 2 is 1.79 bits per heavy atom. The Morgan fingerprint density at radius 1 is 1.14 bits per heavy atom. The Bertz CT molecular complexity index is 720. The summed E-state index contributed by atoms with van der Waals surface area (Å²) >= 11 is 0. The highest BCUT2D eigenvalue weighted by Crippen LogP contribution is 2.33. The van der Waals surface area contributed by atoms with Crippen LogP contribution in [-0.2, 0) is 20.7 Å². The third kappa shape index (κ3) is 5.63. The first-order chi connectivity index (χ1) is 12.9. The van der Waals surface area contributed by atoms with E-state index in [1.807, 2.05) is 36.9 Å². The second kappa shape index (κ2) is 8.41. The van der Waals surface area contributed by atoms with Crippen molar-refractivity contribution in [2.24, 2.45) is 5.41 Å². The van der Waals surface area contributed by atoms with Gasteiger partial charge in [0.15, 0.2) is 11.5 Å². The van der Waals surface area contributed by atoms with Crippen LogP contribution in [-0.4, -0.2) is 41.8 Å². The van der Waals surface area contributed by atoms with Crippen molar-refractivity contribution in [3.63, 3.8) is 0 Å². The lowest BCUT2D eigenvalue weighted by molar-refractivity contribution is -0.168. The molecule has 0 aromatic heterocycles. The van der Waals surface area contributed by atoms with Gasteiger partial charge in [-0.1, -0.05) is 6.07 Å². The molecule has 1 unspecified atom stereocenters. The van der Waals surface area contributed by atoms with E-state index in [2.05, 4.69) is 0 Å². The molecule has 0 spiro atoms. The van der Waals surface area contributed by atoms with E-state index in [0.29, 0.717) is 13.0 Å². The highest BCUT2D eigenvalue weighted by atomic mass is 16.7. The number of esters is 1. The molecule has 1 amide bonds. The van der Waals surface area contributed by atoms with E-state index in [9.17, 15) is 9.59 Å². The molecule has 0 N–H and O–H groups in total. The first-order valence-corrected chi connectivity index (χ1v) is 9.84. The van der Waals surface area contributed by atoms with Crippen molar-refractivity contribution in [3.05, 3.63) is 23.8 Å². The maximum absolute atomic E-state index is 12.9. The third-order valence-corrected chi connectivity index (χ3v) is 4.72. The molecule has 6 heteroatoms. The number of rotatable bonds is 7. The number of carbonyl (C=O) groups excluding carboxylic acids is 2. The van der Waals surface area contributed by atoms with Crippen LogP contribution in [0.4, 0.5) is 0 Å². The average molecular weight is 392 g/mol. The first kappa shape index (κ1) is 22.1. The van der Waals surface area contributed by atoms with Gasteiger partial charge in [0.1, 0.15) is 5.60 Å². The van der Waals surface area contributed by atoms with Gasteiger partial charge in [0, 0.05) is 12.6 Å². The van der Waals surface area contributed by atoms with E-state index < -0.39 is 11.0 Å². The van der Waals surface area contributed by atoms with Gasteiger partial charge in [-0.05, 0) is 72.6 Å². The van der Waals surface area contributed by atoms with Gasteiger partial charge in [-0.3, -0.25) is 9.59 Å². The Morgan fingerprint density at radius 3 is 2.39 bits per heavy atom. The van der Waals surface area contributed by atoms with Crippen molar-refractivity contribution in [2.75, 3.05) is 13.3 Å². The normalized spacial score (nSPS) is 14.5. The molecule has 1 aliphatic rings. The molecule has 1 aromatic rings. The van der Waals surface area contributed by atoms with Crippen LogP contribution in [0.1, 0.15) is 60.5 Å². The van der Waals surface area contributed by atoms with Crippen LogP contribution < -0.4 is 9.47 Å². The minimum atomic E-state index is -0.854. The molecular weight excluding hydrogens is 358 g/mol. The fourth-order valence-electron chi connectivity index (χ4n) is 3.16. The number of likely N-dealkylation sites (N-methyl/N-ethyl adjacent to an activating group) is 1. The highest BCUT2D eigenvalue weighted by molar-refractivity contribution is 5.79. The molecule has 0 aliphatic carbocycles. The molecule has 1 heterocycles. The summed E-state index contributed by atoms with van der Waals surface area (Å²) in [6.45, 7) is 13.8. The summed E-state index contributed by atoms with van der Waals surface area (Å²) in [5.74, 6) is 1.17. The lowest BCUT2D eigenvalue weighted by Crippen LogP contribution is -2.44. The van der Waals surface area contributed by atoms with Gasteiger partial charge in [0.05, 0.1) is 11.8 Å². The smallest absolute Gasteiger partial charge is 0.311 e. The topological polar surface area (TPSA) is 65.1 Å². The van der Waals surface area contributed by atoms with Crippen molar-refractivity contribution in [1.29, 1.82) is 0 Å². The minimum Gasteiger partial charge on any atom is -0.459 e. The van der Waals surface area contributed by atoms with Gasteiger partial charge < -0.3 is 19.1 Å². The zero-order chi connectivity index (χ0) is 21.1. The van der Waals surface area contributed by atoms with Crippen LogP contribution in [0.15, 0.2) is 18.2 Å². The van der Waals surface area contributed by atoms with Gasteiger partial charge in [0.2, 0.25) is 12.7 Å². The second-order valence-electron chi connectivity index (χ2n) is 9.00. The van der Waals surface area contributed by atoms with E-state index in [1.165, 1.54) is 0 Å². The summed E-state index contributed by atoms with van der Waals surface area (Å²) in [5, 5.41) is 0. The molecule has 1 aliphatic heterocycles. The molecule has 1 atom stereocenters. The van der Waals surface area contributed by atoms with Crippen LogP contribution >= 0.6 is 0 Å². The summed E-state index contributed by atoms with van der Waals surface area (Å²) < 4.78 is 16.4. The van der Waals surface area contributed by atoms with Gasteiger partial charge in [-0.15, -0.1) is 0 Å². The van der Waals surface area contributed by atoms with Gasteiger partial charge in [-0.25, -0.2) is 0 Å². The molecule has 0 saturated heterocycles. The van der Waals surface area contributed by atoms with E-state index in [-0.39, 0.29) is 31.1 Å². The van der Waals surface area contributed by atoms with E-state index in [4.69, 9.17) is 14.2 Å². The van der Waals surface area contributed by atoms with Crippen LogP contribution in [0.5, 0.6) is 11.5 Å². The molecule has 2 rings (SSSR count). The monoisotopic (exact) mass is 391 g/mol. The first-order valence-electron chi connectivity index (χ1n) is 9.84. The molecule has 156 valence electrons. The van der Waals surface area contributed by atoms with Crippen LogP contribution in [0.3, 0.4) is 0 Å². The lowest BCUT2D eigenvalue weighted by atomic mass is 9.96. The Hall–Kier alpha value is -2.24. The molecule has 0 radical (unpaired) electrons. The predicted octanol–water partition coefficient (Wildman–Crippen LogP) is 3.95. The van der Waals surface area contributed by atoms with E-state index in [1.54, 1.807) is 34.6 Å². The predicted molar refractivity (Wildman–Crippen MR) is 107 cm³/mol. The SMILES string of the molecule is CCN(C(=O)CC(C)(C)OC(=O)C(C)(C)C)C(C)Cc1ccc2c(c1)OCO2. The fraction of sp³-hybridized carbons (Fsp3) is 0.636. The molecule has 6 nitrogen and oxygen atoms in total. The average Bonchev–Trinajstić information content (AvgIpc) is 3.01. The Kier molecular flexibility index (Phi) is 6.63. The van der Waals surface area contributed by atoms with E-state index >= 15 is 0 Å². The molecule has 0 saturated carbocycles. The minimum absolute atomic E-state index is 0.00647. The van der Waals surface area contributed by atoms with E-state index in [0.717, 1.165) is 17.1 Å². The van der Waals surface area contributed by atoms with Crippen LogP contribution in [0.2, 0.25) is 0 Å². The summed E-state index contributed by atoms with van der Waals surface area (Å²) in [5.41, 5.74) is -0.369. The van der Waals surface area contributed by atoms with Gasteiger partial charge >= 0.3 is 5.97 Å². The van der Waals surface area contributed by atoms with Crippen molar-refractivity contribution < 1.29 is 23.8 Å². The van der Waals surface area contributed by atoms with Crippen molar-refractivity contribution in [3.8, 4) is 11.5 Å². The maximum Gasteiger partial charge on any atom is 0.311 e. The van der Waals surface area contributed by atoms with Crippen LogP contribution in [0.25, 0.3) is 0 Å². The number of fused-ring (bicyclic) bond motifs is 1. The Balaban J connectivity index is 2.00. The molecule has 1 aromatic carbocycles. The zero-order valence-corrected chi connectivity index (χ0v) is 18.1.